The third-order valence-corrected chi connectivity index (χ3v) is 8.16. The highest BCUT2D eigenvalue weighted by Gasteiger charge is 2.39. The third kappa shape index (κ3) is 4.34. The molecule has 188 valence electrons. The van der Waals surface area contributed by atoms with Gasteiger partial charge in [0.25, 0.3) is 5.91 Å². The number of aromatic carboxylic acids is 1. The van der Waals surface area contributed by atoms with Crippen molar-refractivity contribution in [2.75, 3.05) is 26.2 Å². The Hall–Kier alpha value is -3.40. The number of benzene rings is 2. The number of rotatable bonds is 8. The molecule has 9 heteroatoms. The molecule has 2 atom stereocenters. The number of carboxylic acid groups (broad SMARTS) is 1. The molecule has 1 aromatic heterocycles. The van der Waals surface area contributed by atoms with Crippen LogP contribution in [0.25, 0.3) is 0 Å². The Balaban J connectivity index is 1.46. The minimum atomic E-state index is -1.00. The lowest BCUT2D eigenvalue weighted by Crippen LogP contribution is -2.48. The molecule has 5 rings (SSSR count). The van der Waals surface area contributed by atoms with E-state index in [4.69, 9.17) is 15.2 Å². The van der Waals surface area contributed by atoms with Gasteiger partial charge in [0, 0.05) is 48.3 Å². The second-order valence-electron chi connectivity index (χ2n) is 9.18. The van der Waals surface area contributed by atoms with Gasteiger partial charge in [0.1, 0.15) is 10.8 Å². The molecule has 3 N–H and O–H groups in total. The van der Waals surface area contributed by atoms with E-state index in [9.17, 15) is 14.7 Å². The Morgan fingerprint density at radius 1 is 1.17 bits per heavy atom. The molecule has 0 aliphatic carbocycles. The van der Waals surface area contributed by atoms with E-state index in [1.807, 2.05) is 41.3 Å². The average molecular weight is 508 g/mol. The molecule has 2 aliphatic heterocycles. The number of nitrogens with zero attached hydrogens (tertiary/aromatic N) is 2. The van der Waals surface area contributed by atoms with E-state index in [0.29, 0.717) is 42.4 Å². The molecule has 2 aliphatic rings. The predicted molar refractivity (Wildman–Crippen MR) is 137 cm³/mol. The number of fused-ring (bicyclic) bond motifs is 2. The maximum atomic E-state index is 13.4. The van der Waals surface area contributed by atoms with Gasteiger partial charge < -0.3 is 25.2 Å². The molecule has 0 saturated heterocycles. The van der Waals surface area contributed by atoms with Gasteiger partial charge in [-0.05, 0) is 36.6 Å². The maximum absolute atomic E-state index is 13.4. The first-order chi connectivity index (χ1) is 17.4. The van der Waals surface area contributed by atoms with Gasteiger partial charge in [-0.3, -0.25) is 9.69 Å². The van der Waals surface area contributed by atoms with Crippen LogP contribution in [0.1, 0.15) is 55.2 Å². The topological polar surface area (TPSA) is 105 Å². The zero-order chi connectivity index (χ0) is 25.4. The number of hydrogen-bond acceptors (Lipinski definition) is 7. The fourth-order valence-electron chi connectivity index (χ4n) is 5.33. The minimum Gasteiger partial charge on any atom is -0.478 e. The van der Waals surface area contributed by atoms with Crippen molar-refractivity contribution >= 4 is 28.2 Å². The van der Waals surface area contributed by atoms with Crippen LogP contribution in [0.3, 0.4) is 0 Å². The molecule has 1 amide bonds. The lowest BCUT2D eigenvalue weighted by molar-refractivity contribution is 0.0495. The Morgan fingerprint density at radius 2 is 1.94 bits per heavy atom. The van der Waals surface area contributed by atoms with Gasteiger partial charge in [0.15, 0.2) is 6.79 Å². The number of carbonyl (C=O) groups is 2. The number of anilines is 1. The van der Waals surface area contributed by atoms with E-state index < -0.39 is 5.97 Å². The summed E-state index contributed by atoms with van der Waals surface area (Å²) >= 11 is 1.35. The number of carboxylic acids is 1. The molecule has 0 radical (unpaired) electrons. The number of methoxy groups -OCH3 is 1. The van der Waals surface area contributed by atoms with Crippen molar-refractivity contribution in [3.63, 3.8) is 0 Å². The number of carbonyl (C=O) groups excluding carboxylic acids is 1. The van der Waals surface area contributed by atoms with E-state index in [1.165, 1.54) is 16.9 Å². The Morgan fingerprint density at radius 3 is 2.67 bits per heavy atom. The molecule has 36 heavy (non-hydrogen) atoms. The number of nitrogens with two attached hydrogens (primary N) is 1. The summed E-state index contributed by atoms with van der Waals surface area (Å²) in [6.45, 7) is 3.73. The standard InChI is InChI=1S/C27H29N3O5S/c1-16(17-7-4-3-5-8-17)30-14-23-20(24(27(32)33)25(28)36-23)11-18(30)12-29-13-21-19(26(29)31)9-6-10-22(21)35-15-34-2/h3-10,16,18H,11-15,28H2,1-2H3,(H,32,33). The Bertz CT molecular complexity index is 1290. The molecule has 0 spiro atoms. The first-order valence-corrected chi connectivity index (χ1v) is 12.7. The number of thiophene rings is 1. The normalized spacial score (nSPS) is 18.1. The predicted octanol–water partition coefficient (Wildman–Crippen LogP) is 4.16. The molecule has 2 aromatic carbocycles. The first kappa shape index (κ1) is 24.3. The lowest BCUT2D eigenvalue weighted by atomic mass is 9.93. The molecule has 0 saturated carbocycles. The highest BCUT2D eigenvalue weighted by atomic mass is 32.1. The van der Waals surface area contributed by atoms with Crippen molar-refractivity contribution in [2.24, 2.45) is 0 Å². The highest BCUT2D eigenvalue weighted by Crippen LogP contribution is 2.41. The van der Waals surface area contributed by atoms with Crippen molar-refractivity contribution in [1.82, 2.24) is 9.80 Å². The fourth-order valence-corrected chi connectivity index (χ4v) is 6.43. The van der Waals surface area contributed by atoms with Crippen LogP contribution in [0.2, 0.25) is 0 Å². The monoisotopic (exact) mass is 507 g/mol. The van der Waals surface area contributed by atoms with Crippen LogP contribution in [0.5, 0.6) is 5.75 Å². The van der Waals surface area contributed by atoms with Crippen LogP contribution in [0.15, 0.2) is 48.5 Å². The summed E-state index contributed by atoms with van der Waals surface area (Å²) in [5, 5.41) is 10.2. The first-order valence-electron chi connectivity index (χ1n) is 11.9. The summed E-state index contributed by atoms with van der Waals surface area (Å²) in [6, 6.07) is 15.7. The van der Waals surface area contributed by atoms with Gasteiger partial charge in [-0.2, -0.15) is 0 Å². The second kappa shape index (κ2) is 9.93. The van der Waals surface area contributed by atoms with Gasteiger partial charge in [0.2, 0.25) is 0 Å². The molecule has 3 aromatic rings. The Labute approximate surface area is 213 Å². The molecular weight excluding hydrogens is 478 g/mol. The number of amides is 1. The van der Waals surface area contributed by atoms with Crippen LogP contribution in [-0.2, 0) is 24.2 Å². The Kier molecular flexibility index (Phi) is 6.70. The molecule has 0 bridgehead atoms. The van der Waals surface area contributed by atoms with Gasteiger partial charge in [0.05, 0.1) is 12.1 Å². The summed E-state index contributed by atoms with van der Waals surface area (Å²) in [5.74, 6) is -0.406. The van der Waals surface area contributed by atoms with Crippen molar-refractivity contribution < 1.29 is 24.2 Å². The van der Waals surface area contributed by atoms with Crippen molar-refractivity contribution in [1.29, 1.82) is 0 Å². The van der Waals surface area contributed by atoms with E-state index in [1.54, 1.807) is 7.11 Å². The molecule has 3 heterocycles. The maximum Gasteiger partial charge on any atom is 0.338 e. The number of nitrogen functional groups attached to an aromatic ring is 1. The van der Waals surface area contributed by atoms with Gasteiger partial charge in [-0.1, -0.05) is 36.4 Å². The minimum absolute atomic E-state index is 0.0470. The zero-order valence-corrected chi connectivity index (χ0v) is 21.1. The van der Waals surface area contributed by atoms with Gasteiger partial charge >= 0.3 is 5.97 Å². The molecule has 0 fully saturated rings. The SMILES string of the molecule is COCOc1cccc2c1CN(CC1Cc3c(sc(N)c3C(=O)O)CN1C(C)c1ccccc1)C2=O. The summed E-state index contributed by atoms with van der Waals surface area (Å²) < 4.78 is 10.7. The highest BCUT2D eigenvalue weighted by molar-refractivity contribution is 7.16. The van der Waals surface area contributed by atoms with Crippen LogP contribution in [0, 0.1) is 0 Å². The molecule has 8 nitrogen and oxygen atoms in total. The second-order valence-corrected chi connectivity index (χ2v) is 10.3. The summed E-state index contributed by atoms with van der Waals surface area (Å²) in [5.41, 5.74) is 9.78. The summed E-state index contributed by atoms with van der Waals surface area (Å²) in [6.07, 6.45) is 0.509. The number of hydrogen-bond donors (Lipinski definition) is 2. The van der Waals surface area contributed by atoms with Gasteiger partial charge in [-0.15, -0.1) is 11.3 Å². The van der Waals surface area contributed by atoms with Crippen LogP contribution >= 0.6 is 11.3 Å². The van der Waals surface area contributed by atoms with E-state index >= 15 is 0 Å². The molecule has 2 unspecified atom stereocenters. The van der Waals surface area contributed by atoms with Crippen molar-refractivity contribution in [3.8, 4) is 5.75 Å². The number of ether oxygens (including phenoxy) is 2. The quantitative estimate of drug-likeness (QED) is 0.441. The summed E-state index contributed by atoms with van der Waals surface area (Å²) in [7, 11) is 1.56. The van der Waals surface area contributed by atoms with Crippen molar-refractivity contribution in [2.45, 2.75) is 38.5 Å². The van der Waals surface area contributed by atoms with E-state index in [0.717, 1.165) is 16.0 Å². The summed E-state index contributed by atoms with van der Waals surface area (Å²) in [4.78, 5) is 30.5. The van der Waals surface area contributed by atoms with Gasteiger partial charge in [-0.25, -0.2) is 4.79 Å². The molecular formula is C27H29N3O5S. The van der Waals surface area contributed by atoms with Crippen LogP contribution < -0.4 is 10.5 Å². The van der Waals surface area contributed by atoms with Crippen LogP contribution in [0.4, 0.5) is 5.00 Å². The largest absolute Gasteiger partial charge is 0.478 e. The van der Waals surface area contributed by atoms with Crippen molar-refractivity contribution in [3.05, 3.63) is 81.2 Å². The zero-order valence-electron chi connectivity index (χ0n) is 20.3. The smallest absolute Gasteiger partial charge is 0.338 e. The third-order valence-electron chi connectivity index (χ3n) is 7.11. The lowest BCUT2D eigenvalue weighted by Gasteiger charge is -2.41. The fraction of sp³-hybridized carbons (Fsp3) is 0.333. The van der Waals surface area contributed by atoms with E-state index in [2.05, 4.69) is 24.0 Å². The van der Waals surface area contributed by atoms with E-state index in [-0.39, 0.29) is 30.3 Å². The van der Waals surface area contributed by atoms with Crippen LogP contribution in [-0.4, -0.2) is 53.3 Å². The average Bonchev–Trinajstić information content (AvgIpc) is 3.38.